The van der Waals surface area contributed by atoms with Gasteiger partial charge < -0.3 is 4.90 Å². The van der Waals surface area contributed by atoms with E-state index in [0.717, 1.165) is 42.2 Å². The summed E-state index contributed by atoms with van der Waals surface area (Å²) in [4.78, 5) is 2.75. The number of hydrogen-bond donors (Lipinski definition) is 0. The van der Waals surface area contributed by atoms with Crippen LogP contribution in [0.5, 0.6) is 0 Å². The minimum Gasteiger partial charge on any atom is -0.300 e. The fourth-order valence-electron chi connectivity index (χ4n) is 3.36. The number of hydrogen-bond acceptors (Lipinski definition) is 3. The molecule has 0 N–H and O–H groups in total. The first-order valence-electron chi connectivity index (χ1n) is 8.90. The van der Waals surface area contributed by atoms with E-state index in [1.165, 1.54) is 5.56 Å². The second kappa shape index (κ2) is 8.09. The summed E-state index contributed by atoms with van der Waals surface area (Å²) in [5.74, 6) is 0. The molecule has 1 aliphatic rings. The number of rotatable bonds is 5. The van der Waals surface area contributed by atoms with Gasteiger partial charge in [0.2, 0.25) is 10.0 Å². The second-order valence-electron chi connectivity index (χ2n) is 6.89. The zero-order chi connectivity index (χ0) is 18.7. The van der Waals surface area contributed by atoms with Crippen LogP contribution in [0.2, 0.25) is 5.02 Å². The van der Waals surface area contributed by atoms with Gasteiger partial charge in [-0.15, -0.1) is 0 Å². The van der Waals surface area contributed by atoms with Gasteiger partial charge in [0.05, 0.1) is 4.90 Å². The summed E-state index contributed by atoms with van der Waals surface area (Å²) in [7, 11) is -3.41. The summed E-state index contributed by atoms with van der Waals surface area (Å²) in [6.07, 6.45) is 0.945. The average molecular weight is 393 g/mol. The van der Waals surface area contributed by atoms with E-state index in [1.807, 2.05) is 50.2 Å². The van der Waals surface area contributed by atoms with Crippen molar-refractivity contribution in [3.8, 4) is 0 Å². The first-order valence-corrected chi connectivity index (χ1v) is 10.7. The van der Waals surface area contributed by atoms with Crippen molar-refractivity contribution in [1.82, 2.24) is 9.21 Å². The third kappa shape index (κ3) is 4.46. The zero-order valence-corrected chi connectivity index (χ0v) is 16.9. The minimum absolute atomic E-state index is 0.428. The maximum absolute atomic E-state index is 12.9. The molecule has 0 spiro atoms. The van der Waals surface area contributed by atoms with Crippen molar-refractivity contribution in [3.05, 3.63) is 64.2 Å². The molecule has 2 aromatic rings. The first-order chi connectivity index (χ1) is 12.4. The van der Waals surface area contributed by atoms with Crippen LogP contribution in [0.3, 0.4) is 0 Å². The van der Waals surface area contributed by atoms with Gasteiger partial charge >= 0.3 is 0 Å². The molecule has 0 saturated carbocycles. The molecule has 1 heterocycles. The minimum atomic E-state index is -3.41. The van der Waals surface area contributed by atoms with Crippen molar-refractivity contribution in [2.45, 2.75) is 25.2 Å². The van der Waals surface area contributed by atoms with Crippen LogP contribution in [0.1, 0.15) is 16.7 Å². The molecule has 2 aromatic carbocycles. The molecule has 140 valence electrons. The molecule has 1 aliphatic heterocycles. The van der Waals surface area contributed by atoms with E-state index < -0.39 is 10.0 Å². The summed E-state index contributed by atoms with van der Waals surface area (Å²) in [5, 5.41) is 0.749. The van der Waals surface area contributed by atoms with Crippen LogP contribution < -0.4 is 0 Å². The highest BCUT2D eigenvalue weighted by atomic mass is 35.5. The second-order valence-corrected chi connectivity index (χ2v) is 9.23. The van der Waals surface area contributed by atoms with Crippen molar-refractivity contribution in [2.24, 2.45) is 0 Å². The highest BCUT2D eigenvalue weighted by Gasteiger charge is 2.29. The molecule has 26 heavy (non-hydrogen) atoms. The van der Waals surface area contributed by atoms with E-state index in [1.54, 1.807) is 10.4 Å². The quantitative estimate of drug-likeness (QED) is 0.781. The maximum Gasteiger partial charge on any atom is 0.243 e. The fourth-order valence-corrected chi connectivity index (χ4v) is 5.11. The third-order valence-electron chi connectivity index (χ3n) is 4.91. The lowest BCUT2D eigenvalue weighted by Crippen LogP contribution is -2.49. The fraction of sp³-hybridized carbons (Fsp3) is 0.400. The largest absolute Gasteiger partial charge is 0.300 e. The van der Waals surface area contributed by atoms with Crippen molar-refractivity contribution in [2.75, 3.05) is 32.7 Å². The van der Waals surface area contributed by atoms with Gasteiger partial charge in [0.25, 0.3) is 0 Å². The average Bonchev–Trinajstić information content (AvgIpc) is 2.61. The van der Waals surface area contributed by atoms with E-state index >= 15 is 0 Å². The Kier molecular flexibility index (Phi) is 6.03. The van der Waals surface area contributed by atoms with Gasteiger partial charge in [-0.1, -0.05) is 41.4 Å². The van der Waals surface area contributed by atoms with Gasteiger partial charge in [0.15, 0.2) is 0 Å². The molecule has 0 amide bonds. The molecule has 0 aromatic heterocycles. The summed E-state index contributed by atoms with van der Waals surface area (Å²) in [6, 6.07) is 13.4. The zero-order valence-electron chi connectivity index (χ0n) is 15.3. The molecule has 0 radical (unpaired) electrons. The number of nitrogens with zero attached hydrogens (tertiary/aromatic N) is 2. The van der Waals surface area contributed by atoms with Gasteiger partial charge in [-0.05, 0) is 49.6 Å². The molecule has 1 fully saturated rings. The maximum atomic E-state index is 12.9. The van der Waals surface area contributed by atoms with Gasteiger partial charge in [-0.2, -0.15) is 4.31 Å². The number of sulfonamides is 1. The predicted molar refractivity (Wildman–Crippen MR) is 106 cm³/mol. The normalized spacial score (nSPS) is 16.7. The molecule has 1 saturated heterocycles. The lowest BCUT2D eigenvalue weighted by molar-refractivity contribution is 0.190. The summed E-state index contributed by atoms with van der Waals surface area (Å²) >= 11 is 5.92. The highest BCUT2D eigenvalue weighted by molar-refractivity contribution is 7.89. The van der Waals surface area contributed by atoms with E-state index in [4.69, 9.17) is 11.6 Å². The van der Waals surface area contributed by atoms with Gasteiger partial charge in [-0.25, -0.2) is 8.42 Å². The Bertz CT molecular complexity index is 858. The van der Waals surface area contributed by atoms with Gasteiger partial charge in [-0.3, -0.25) is 0 Å². The number of benzene rings is 2. The molecular weight excluding hydrogens is 368 g/mol. The summed E-state index contributed by atoms with van der Waals surface area (Å²) < 4.78 is 27.5. The van der Waals surface area contributed by atoms with Crippen molar-refractivity contribution in [1.29, 1.82) is 0 Å². The van der Waals surface area contributed by atoms with Crippen LogP contribution in [0.15, 0.2) is 47.4 Å². The molecule has 0 unspecified atom stereocenters. The molecule has 6 heteroatoms. The van der Waals surface area contributed by atoms with Crippen LogP contribution in [-0.2, 0) is 16.4 Å². The third-order valence-corrected chi connectivity index (χ3v) is 7.22. The SMILES string of the molecule is Cc1ccc(S(=O)(=O)N2CCN(CCc3ccc(Cl)cc3)CC2)c(C)c1. The monoisotopic (exact) mass is 392 g/mol. The molecule has 0 aliphatic carbocycles. The van der Waals surface area contributed by atoms with Crippen molar-refractivity contribution < 1.29 is 8.42 Å². The Morgan fingerprint density at radius 3 is 2.23 bits per heavy atom. The summed E-state index contributed by atoms with van der Waals surface area (Å²) in [6.45, 7) is 7.37. The van der Waals surface area contributed by atoms with Crippen LogP contribution in [0.25, 0.3) is 0 Å². The molecule has 0 bridgehead atoms. The van der Waals surface area contributed by atoms with Crippen LogP contribution >= 0.6 is 11.6 Å². The Labute approximate surface area is 161 Å². The molecular formula is C20H25ClN2O2S. The van der Waals surface area contributed by atoms with Crippen LogP contribution in [0.4, 0.5) is 0 Å². The smallest absolute Gasteiger partial charge is 0.243 e. The Morgan fingerprint density at radius 2 is 1.62 bits per heavy atom. The van der Waals surface area contributed by atoms with E-state index in [-0.39, 0.29) is 0 Å². The molecule has 0 atom stereocenters. The summed E-state index contributed by atoms with van der Waals surface area (Å²) in [5.41, 5.74) is 3.14. The molecule has 3 rings (SSSR count). The van der Waals surface area contributed by atoms with Crippen LogP contribution in [0, 0.1) is 13.8 Å². The lowest BCUT2D eigenvalue weighted by Gasteiger charge is -2.34. The Balaban J connectivity index is 1.58. The lowest BCUT2D eigenvalue weighted by atomic mass is 10.1. The van der Waals surface area contributed by atoms with E-state index in [9.17, 15) is 8.42 Å². The first kappa shape index (κ1) is 19.4. The van der Waals surface area contributed by atoms with E-state index in [2.05, 4.69) is 4.90 Å². The Morgan fingerprint density at radius 1 is 0.962 bits per heavy atom. The van der Waals surface area contributed by atoms with Crippen molar-refractivity contribution >= 4 is 21.6 Å². The standard InChI is InChI=1S/C20H25ClN2O2S/c1-16-3-8-20(17(2)15-16)26(24,25)23-13-11-22(12-14-23)10-9-18-4-6-19(21)7-5-18/h3-8,15H,9-14H2,1-2H3. The highest BCUT2D eigenvalue weighted by Crippen LogP contribution is 2.22. The topological polar surface area (TPSA) is 40.6 Å². The Hall–Kier alpha value is -1.40. The van der Waals surface area contributed by atoms with Gasteiger partial charge in [0, 0.05) is 37.7 Å². The van der Waals surface area contributed by atoms with Crippen LogP contribution in [-0.4, -0.2) is 50.3 Å². The van der Waals surface area contributed by atoms with Gasteiger partial charge in [0.1, 0.15) is 0 Å². The number of piperazine rings is 1. The van der Waals surface area contributed by atoms with E-state index in [0.29, 0.717) is 18.0 Å². The molecule has 4 nitrogen and oxygen atoms in total. The number of halogens is 1. The van der Waals surface area contributed by atoms with Crippen molar-refractivity contribution in [3.63, 3.8) is 0 Å². The number of aryl methyl sites for hydroxylation is 2. The predicted octanol–water partition coefficient (Wildman–Crippen LogP) is 3.51.